The van der Waals surface area contributed by atoms with Gasteiger partial charge in [0.1, 0.15) is 5.54 Å². The summed E-state index contributed by atoms with van der Waals surface area (Å²) in [6.07, 6.45) is 0. The first-order valence-corrected chi connectivity index (χ1v) is 5.52. The van der Waals surface area contributed by atoms with Crippen LogP contribution < -0.4 is 0 Å². The summed E-state index contributed by atoms with van der Waals surface area (Å²) < 4.78 is 4.99. The molecular weight excluding hydrogens is 218 g/mol. The molecule has 4 heteroatoms. The van der Waals surface area contributed by atoms with E-state index < -0.39 is 11.5 Å². The molecule has 0 radical (unpaired) electrons. The third-order valence-electron chi connectivity index (χ3n) is 3.15. The van der Waals surface area contributed by atoms with Gasteiger partial charge >= 0.3 is 5.97 Å². The Labute approximate surface area is 102 Å². The van der Waals surface area contributed by atoms with E-state index >= 15 is 0 Å². The summed E-state index contributed by atoms with van der Waals surface area (Å²) in [5, 5.41) is 9.47. The lowest BCUT2D eigenvalue weighted by molar-refractivity contribution is -0.150. The molecule has 1 atom stereocenters. The zero-order valence-electron chi connectivity index (χ0n) is 10.5. The third-order valence-corrected chi connectivity index (χ3v) is 3.15. The highest BCUT2D eigenvalue weighted by atomic mass is 16.5. The van der Waals surface area contributed by atoms with E-state index in [9.17, 15) is 9.90 Å². The van der Waals surface area contributed by atoms with Gasteiger partial charge in [0.2, 0.25) is 0 Å². The molecule has 1 aromatic carbocycles. The number of methoxy groups -OCH3 is 1. The molecule has 0 aromatic heterocycles. The van der Waals surface area contributed by atoms with Crippen LogP contribution in [0.25, 0.3) is 0 Å². The Morgan fingerprint density at radius 3 is 2.47 bits per heavy atom. The van der Waals surface area contributed by atoms with Gasteiger partial charge in [-0.3, -0.25) is 4.90 Å². The Kier molecular flexibility index (Phi) is 4.66. The summed E-state index contributed by atoms with van der Waals surface area (Å²) >= 11 is 0. The number of carbonyl (C=O) groups is 1. The van der Waals surface area contributed by atoms with Gasteiger partial charge in [0.25, 0.3) is 0 Å². The van der Waals surface area contributed by atoms with E-state index in [2.05, 4.69) is 0 Å². The van der Waals surface area contributed by atoms with Crippen LogP contribution in [0.2, 0.25) is 0 Å². The summed E-state index contributed by atoms with van der Waals surface area (Å²) in [4.78, 5) is 13.3. The maximum absolute atomic E-state index is 11.5. The number of ether oxygens (including phenoxy) is 1. The lowest BCUT2D eigenvalue weighted by Crippen LogP contribution is -2.48. The zero-order chi connectivity index (χ0) is 12.9. The Bertz CT molecular complexity index is 366. The Morgan fingerprint density at radius 2 is 2.00 bits per heavy atom. The lowest BCUT2D eigenvalue weighted by Gasteiger charge is -2.35. The van der Waals surface area contributed by atoms with Crippen molar-refractivity contribution in [3.8, 4) is 0 Å². The molecule has 0 fully saturated rings. The first-order chi connectivity index (χ1) is 8.03. The van der Waals surface area contributed by atoms with E-state index in [1.807, 2.05) is 30.3 Å². The largest absolute Gasteiger partial charge is 0.480 e. The van der Waals surface area contributed by atoms with Gasteiger partial charge in [0.15, 0.2) is 0 Å². The monoisotopic (exact) mass is 237 g/mol. The van der Waals surface area contributed by atoms with Crippen LogP contribution in [0.15, 0.2) is 30.3 Å². The highest BCUT2D eigenvalue weighted by Crippen LogP contribution is 2.27. The molecule has 0 bridgehead atoms. The number of carboxylic acids is 1. The van der Waals surface area contributed by atoms with Gasteiger partial charge in [-0.25, -0.2) is 4.79 Å². The molecule has 0 heterocycles. The minimum absolute atomic E-state index is 0.506. The van der Waals surface area contributed by atoms with Crippen LogP contribution in [0.5, 0.6) is 0 Å². The van der Waals surface area contributed by atoms with Crippen molar-refractivity contribution in [1.82, 2.24) is 4.90 Å². The summed E-state index contributed by atoms with van der Waals surface area (Å²) in [6, 6.07) is 9.23. The molecule has 17 heavy (non-hydrogen) atoms. The Hall–Kier alpha value is -1.39. The first kappa shape index (κ1) is 13.7. The fourth-order valence-corrected chi connectivity index (χ4v) is 1.72. The third kappa shape index (κ3) is 2.84. The number of benzene rings is 1. The molecule has 1 N–H and O–H groups in total. The molecule has 0 aliphatic heterocycles. The predicted octanol–water partition coefficient (Wildman–Crippen LogP) is 1.56. The quantitative estimate of drug-likeness (QED) is 0.815. The molecule has 0 aliphatic carbocycles. The van der Waals surface area contributed by atoms with E-state index in [-0.39, 0.29) is 0 Å². The van der Waals surface area contributed by atoms with Crippen LogP contribution in [0.1, 0.15) is 12.5 Å². The van der Waals surface area contributed by atoms with E-state index in [1.165, 1.54) is 0 Å². The molecule has 0 amide bonds. The van der Waals surface area contributed by atoms with Gasteiger partial charge in [-0.1, -0.05) is 30.3 Å². The van der Waals surface area contributed by atoms with Crippen molar-refractivity contribution >= 4 is 5.97 Å². The predicted molar refractivity (Wildman–Crippen MR) is 65.9 cm³/mol. The fourth-order valence-electron chi connectivity index (χ4n) is 1.72. The minimum atomic E-state index is -1.03. The number of hydrogen-bond acceptors (Lipinski definition) is 3. The Balaban J connectivity index is 3.01. The second-order valence-corrected chi connectivity index (χ2v) is 4.16. The standard InChI is InChI=1S/C13H19NO3/c1-13(12(15)16,14(2)9-10-17-3)11-7-5-4-6-8-11/h4-8H,9-10H2,1-3H3,(H,15,16). The van der Waals surface area contributed by atoms with Gasteiger partial charge in [-0.15, -0.1) is 0 Å². The van der Waals surface area contributed by atoms with Crippen molar-refractivity contribution in [2.24, 2.45) is 0 Å². The highest BCUT2D eigenvalue weighted by molar-refractivity contribution is 5.80. The van der Waals surface area contributed by atoms with Crippen LogP contribution in [0, 0.1) is 0 Å². The summed E-state index contributed by atoms with van der Waals surface area (Å²) in [7, 11) is 3.40. The molecule has 1 unspecified atom stereocenters. The van der Waals surface area contributed by atoms with Crippen molar-refractivity contribution in [1.29, 1.82) is 0 Å². The van der Waals surface area contributed by atoms with Crippen LogP contribution in [-0.4, -0.2) is 43.3 Å². The molecule has 1 rings (SSSR count). The molecule has 94 valence electrons. The van der Waals surface area contributed by atoms with Gasteiger partial charge in [-0.05, 0) is 19.5 Å². The average Bonchev–Trinajstić information content (AvgIpc) is 2.35. The molecule has 0 saturated carbocycles. The molecular formula is C13H19NO3. The molecule has 0 aliphatic rings. The van der Waals surface area contributed by atoms with Crippen LogP contribution in [0.3, 0.4) is 0 Å². The van der Waals surface area contributed by atoms with Crippen molar-refractivity contribution in [3.05, 3.63) is 35.9 Å². The van der Waals surface area contributed by atoms with Crippen molar-refractivity contribution in [2.45, 2.75) is 12.5 Å². The number of nitrogens with zero attached hydrogens (tertiary/aromatic N) is 1. The number of rotatable bonds is 6. The van der Waals surface area contributed by atoms with Crippen LogP contribution in [-0.2, 0) is 15.1 Å². The fraction of sp³-hybridized carbons (Fsp3) is 0.462. The van der Waals surface area contributed by atoms with Crippen molar-refractivity contribution in [2.75, 3.05) is 27.3 Å². The minimum Gasteiger partial charge on any atom is -0.480 e. The topological polar surface area (TPSA) is 49.8 Å². The second-order valence-electron chi connectivity index (χ2n) is 4.16. The molecule has 0 saturated heterocycles. The molecule has 0 spiro atoms. The SMILES string of the molecule is COCCN(C)C(C)(C(=O)O)c1ccccc1. The van der Waals surface area contributed by atoms with E-state index in [0.29, 0.717) is 13.2 Å². The lowest BCUT2D eigenvalue weighted by atomic mass is 9.90. The van der Waals surface area contributed by atoms with Crippen LogP contribution >= 0.6 is 0 Å². The second kappa shape index (κ2) is 5.80. The molecule has 4 nitrogen and oxygen atoms in total. The van der Waals surface area contributed by atoms with E-state index in [1.54, 1.807) is 26.0 Å². The number of aliphatic carboxylic acids is 1. The molecule has 1 aromatic rings. The highest BCUT2D eigenvalue weighted by Gasteiger charge is 2.38. The summed E-state index contributed by atoms with van der Waals surface area (Å²) in [5.74, 6) is -0.859. The maximum atomic E-state index is 11.5. The van der Waals surface area contributed by atoms with Gasteiger partial charge in [0.05, 0.1) is 6.61 Å². The summed E-state index contributed by atoms with van der Waals surface area (Å²) in [6.45, 7) is 2.78. The van der Waals surface area contributed by atoms with E-state index in [0.717, 1.165) is 5.56 Å². The first-order valence-electron chi connectivity index (χ1n) is 5.52. The van der Waals surface area contributed by atoms with Crippen LogP contribution in [0.4, 0.5) is 0 Å². The van der Waals surface area contributed by atoms with Gasteiger partial charge < -0.3 is 9.84 Å². The number of likely N-dealkylation sites (N-methyl/N-ethyl adjacent to an activating group) is 1. The van der Waals surface area contributed by atoms with Gasteiger partial charge in [0, 0.05) is 13.7 Å². The summed E-state index contributed by atoms with van der Waals surface area (Å²) in [5.41, 5.74) is -0.258. The zero-order valence-corrected chi connectivity index (χ0v) is 10.5. The van der Waals surface area contributed by atoms with Crippen molar-refractivity contribution < 1.29 is 14.6 Å². The number of carboxylic acid groups (broad SMARTS) is 1. The smallest absolute Gasteiger partial charge is 0.328 e. The number of hydrogen-bond donors (Lipinski definition) is 1. The average molecular weight is 237 g/mol. The van der Waals surface area contributed by atoms with Crippen molar-refractivity contribution in [3.63, 3.8) is 0 Å². The van der Waals surface area contributed by atoms with E-state index in [4.69, 9.17) is 4.74 Å². The van der Waals surface area contributed by atoms with Gasteiger partial charge in [-0.2, -0.15) is 0 Å². The normalized spacial score (nSPS) is 14.6. The Morgan fingerprint density at radius 1 is 1.41 bits per heavy atom. The maximum Gasteiger partial charge on any atom is 0.328 e.